The van der Waals surface area contributed by atoms with E-state index in [0.29, 0.717) is 25.2 Å². The first kappa shape index (κ1) is 28.7. The standard InChI is InChI=1S/C28H37F2N3O4/c1-4-6-33(7-5-2)28(37)20-9-17(3)8-19(13-20)27(36)32-25(26(35)24-15-23(34)16-31-24)12-18-10-21(29)14-22(30)11-18/h8-11,13-14,23-26,31,34-35H,4-7,12,15-16H2,1-3H3,(H,32,36)/t23-,24-,25+,26-/m1/s1. The number of hydrogen-bond acceptors (Lipinski definition) is 5. The van der Waals surface area contributed by atoms with E-state index in [-0.39, 0.29) is 29.9 Å². The van der Waals surface area contributed by atoms with Crippen LogP contribution in [0.5, 0.6) is 0 Å². The van der Waals surface area contributed by atoms with E-state index in [1.54, 1.807) is 24.0 Å². The molecule has 0 unspecified atom stereocenters. The SMILES string of the molecule is CCCN(CCC)C(=O)c1cc(C)cc(C(=O)N[C@@H](Cc2cc(F)cc(F)c2)[C@H](O)[C@H]2C[C@@H](O)CN2)c1. The van der Waals surface area contributed by atoms with Gasteiger partial charge >= 0.3 is 0 Å². The van der Waals surface area contributed by atoms with Gasteiger partial charge in [0.25, 0.3) is 11.8 Å². The van der Waals surface area contributed by atoms with Gasteiger partial charge in [-0.1, -0.05) is 13.8 Å². The Morgan fingerprint density at radius 3 is 2.24 bits per heavy atom. The van der Waals surface area contributed by atoms with Crippen molar-refractivity contribution in [1.82, 2.24) is 15.5 Å². The summed E-state index contributed by atoms with van der Waals surface area (Å²) in [6.45, 7) is 7.32. The van der Waals surface area contributed by atoms with Crippen LogP contribution in [0.3, 0.4) is 0 Å². The fourth-order valence-corrected chi connectivity index (χ4v) is 4.85. The van der Waals surface area contributed by atoms with E-state index in [9.17, 15) is 28.6 Å². The third-order valence-electron chi connectivity index (χ3n) is 6.52. The van der Waals surface area contributed by atoms with Gasteiger partial charge in [-0.15, -0.1) is 0 Å². The summed E-state index contributed by atoms with van der Waals surface area (Å²) in [5, 5.41) is 26.8. The maximum absolute atomic E-state index is 13.8. The van der Waals surface area contributed by atoms with E-state index >= 15 is 0 Å². The summed E-state index contributed by atoms with van der Waals surface area (Å²) >= 11 is 0. The van der Waals surface area contributed by atoms with E-state index in [1.165, 1.54) is 6.07 Å². The number of aliphatic hydroxyl groups excluding tert-OH is 2. The molecule has 2 aromatic carbocycles. The van der Waals surface area contributed by atoms with Crippen molar-refractivity contribution in [2.45, 2.75) is 70.7 Å². The molecule has 4 N–H and O–H groups in total. The highest BCUT2D eigenvalue weighted by Crippen LogP contribution is 2.19. The molecule has 0 spiro atoms. The largest absolute Gasteiger partial charge is 0.392 e. The second-order valence-electron chi connectivity index (χ2n) is 9.84. The minimum absolute atomic E-state index is 0.0335. The number of β-amino-alcohol motifs (C(OH)–C–C–N with tert-alkyl or cyclic N) is 1. The molecule has 9 heteroatoms. The van der Waals surface area contributed by atoms with Crippen molar-refractivity contribution in [2.75, 3.05) is 19.6 Å². The second kappa shape index (κ2) is 13.1. The minimum atomic E-state index is -1.14. The molecule has 4 atom stereocenters. The average molecular weight is 518 g/mol. The molecule has 0 aliphatic carbocycles. The first-order valence-electron chi connectivity index (χ1n) is 12.9. The Kier molecular flexibility index (Phi) is 10.1. The van der Waals surface area contributed by atoms with Crippen LogP contribution in [0.25, 0.3) is 0 Å². The number of aryl methyl sites for hydroxylation is 1. The molecule has 1 aliphatic heterocycles. The highest BCUT2D eigenvalue weighted by Gasteiger charge is 2.34. The zero-order valence-corrected chi connectivity index (χ0v) is 21.6. The van der Waals surface area contributed by atoms with Gasteiger partial charge in [0.05, 0.1) is 18.2 Å². The van der Waals surface area contributed by atoms with Crippen molar-refractivity contribution in [3.05, 3.63) is 70.3 Å². The Hall–Kier alpha value is -2.88. The summed E-state index contributed by atoms with van der Waals surface area (Å²) < 4.78 is 27.7. The number of nitrogens with one attached hydrogen (secondary N) is 2. The van der Waals surface area contributed by atoms with Gasteiger partial charge in [0.15, 0.2) is 0 Å². The summed E-state index contributed by atoms with van der Waals surface area (Å²) in [5.41, 5.74) is 1.65. The lowest BCUT2D eigenvalue weighted by atomic mass is 9.94. The molecule has 2 aromatic rings. The van der Waals surface area contributed by atoms with Crippen molar-refractivity contribution in [3.8, 4) is 0 Å². The van der Waals surface area contributed by atoms with Gasteiger partial charge in [0.1, 0.15) is 11.6 Å². The van der Waals surface area contributed by atoms with E-state index in [2.05, 4.69) is 10.6 Å². The molecule has 37 heavy (non-hydrogen) atoms. The first-order valence-corrected chi connectivity index (χ1v) is 12.9. The summed E-state index contributed by atoms with van der Waals surface area (Å²) in [6, 6.07) is 6.58. The molecule has 2 amide bonds. The van der Waals surface area contributed by atoms with Gasteiger partial charge < -0.3 is 25.7 Å². The quantitative estimate of drug-likeness (QED) is 0.367. The number of benzene rings is 2. The van der Waals surface area contributed by atoms with Gasteiger partial charge in [-0.3, -0.25) is 9.59 Å². The van der Waals surface area contributed by atoms with Crippen LogP contribution in [0, 0.1) is 18.6 Å². The fourth-order valence-electron chi connectivity index (χ4n) is 4.85. The molecular weight excluding hydrogens is 480 g/mol. The van der Waals surface area contributed by atoms with E-state index in [4.69, 9.17) is 0 Å². The smallest absolute Gasteiger partial charge is 0.253 e. The second-order valence-corrected chi connectivity index (χ2v) is 9.84. The molecule has 202 valence electrons. The third kappa shape index (κ3) is 7.80. The summed E-state index contributed by atoms with van der Waals surface area (Å²) in [5.74, 6) is -2.18. The molecular formula is C28H37F2N3O4. The fraction of sp³-hybridized carbons (Fsp3) is 0.500. The lowest BCUT2D eigenvalue weighted by molar-refractivity contribution is 0.0713. The number of nitrogens with zero attached hydrogens (tertiary/aromatic N) is 1. The first-order chi connectivity index (χ1) is 17.6. The topological polar surface area (TPSA) is 102 Å². The van der Waals surface area contributed by atoms with E-state index in [0.717, 1.165) is 36.6 Å². The van der Waals surface area contributed by atoms with Crippen LogP contribution in [0.1, 0.15) is 65.0 Å². The highest BCUT2D eigenvalue weighted by atomic mass is 19.1. The van der Waals surface area contributed by atoms with Gasteiger partial charge in [-0.25, -0.2) is 8.78 Å². The maximum Gasteiger partial charge on any atom is 0.253 e. The van der Waals surface area contributed by atoms with Crippen molar-refractivity contribution < 1.29 is 28.6 Å². The van der Waals surface area contributed by atoms with Gasteiger partial charge in [0.2, 0.25) is 0 Å². The van der Waals surface area contributed by atoms with E-state index in [1.807, 2.05) is 13.8 Å². The number of carbonyl (C=O) groups excluding carboxylic acids is 2. The zero-order chi connectivity index (χ0) is 27.1. The van der Waals surface area contributed by atoms with Crippen LogP contribution in [0.4, 0.5) is 8.78 Å². The van der Waals surface area contributed by atoms with Crippen LogP contribution in [0.2, 0.25) is 0 Å². The third-order valence-corrected chi connectivity index (χ3v) is 6.52. The maximum atomic E-state index is 13.8. The molecule has 1 aliphatic rings. The summed E-state index contributed by atoms with van der Waals surface area (Å²) in [4.78, 5) is 28.3. The van der Waals surface area contributed by atoms with Crippen molar-refractivity contribution >= 4 is 11.8 Å². The number of amides is 2. The predicted octanol–water partition coefficient (Wildman–Crippen LogP) is 2.96. The van der Waals surface area contributed by atoms with Crippen LogP contribution >= 0.6 is 0 Å². The number of aliphatic hydroxyl groups is 2. The molecule has 0 radical (unpaired) electrons. The Balaban J connectivity index is 1.86. The molecule has 1 fully saturated rings. The lowest BCUT2D eigenvalue weighted by Crippen LogP contribution is -2.52. The average Bonchev–Trinajstić information content (AvgIpc) is 3.27. The Morgan fingerprint density at radius 1 is 1.05 bits per heavy atom. The van der Waals surface area contributed by atoms with Crippen LogP contribution in [-0.2, 0) is 6.42 Å². The van der Waals surface area contributed by atoms with Crippen LogP contribution in [0.15, 0.2) is 36.4 Å². The number of rotatable bonds is 11. The van der Waals surface area contributed by atoms with Crippen molar-refractivity contribution in [2.24, 2.45) is 0 Å². The molecule has 0 aromatic heterocycles. The van der Waals surface area contributed by atoms with E-state index < -0.39 is 41.8 Å². The normalized spacial score (nSPS) is 18.9. The lowest BCUT2D eigenvalue weighted by Gasteiger charge is -2.29. The molecule has 1 heterocycles. The summed E-state index contributed by atoms with van der Waals surface area (Å²) in [6.07, 6.45) is 0.0991. The summed E-state index contributed by atoms with van der Waals surface area (Å²) in [7, 11) is 0. The number of halogens is 2. The Labute approximate surface area is 216 Å². The molecule has 3 rings (SSSR count). The molecule has 7 nitrogen and oxygen atoms in total. The zero-order valence-electron chi connectivity index (χ0n) is 21.6. The van der Waals surface area contributed by atoms with Gasteiger partial charge in [-0.2, -0.15) is 0 Å². The monoisotopic (exact) mass is 517 g/mol. The van der Waals surface area contributed by atoms with Crippen LogP contribution in [-0.4, -0.2) is 70.9 Å². The Bertz CT molecular complexity index is 1070. The number of hydrogen-bond donors (Lipinski definition) is 4. The van der Waals surface area contributed by atoms with Crippen molar-refractivity contribution in [3.63, 3.8) is 0 Å². The van der Waals surface area contributed by atoms with Crippen LogP contribution < -0.4 is 10.6 Å². The number of carbonyl (C=O) groups is 2. The Morgan fingerprint density at radius 2 is 1.68 bits per heavy atom. The molecule has 0 bridgehead atoms. The predicted molar refractivity (Wildman–Crippen MR) is 137 cm³/mol. The molecule has 0 saturated carbocycles. The van der Waals surface area contributed by atoms with Gasteiger partial charge in [0, 0.05) is 42.9 Å². The highest BCUT2D eigenvalue weighted by molar-refractivity contribution is 6.00. The minimum Gasteiger partial charge on any atom is -0.392 e. The van der Waals surface area contributed by atoms with Gasteiger partial charge in [-0.05, 0) is 74.1 Å². The van der Waals surface area contributed by atoms with Crippen molar-refractivity contribution in [1.29, 1.82) is 0 Å². The molecule has 1 saturated heterocycles.